The largest absolute Gasteiger partial charge is 0.462 e. The van der Waals surface area contributed by atoms with Crippen LogP contribution in [-0.2, 0) is 16.0 Å². The third kappa shape index (κ3) is 5.43. The van der Waals surface area contributed by atoms with Crippen LogP contribution < -0.4 is 5.19 Å². The molecule has 1 fully saturated rings. The summed E-state index contributed by atoms with van der Waals surface area (Å²) in [4.78, 5) is 13.7. The molecule has 30 heavy (non-hydrogen) atoms. The Kier molecular flexibility index (Phi) is 7.57. The van der Waals surface area contributed by atoms with E-state index in [1.807, 2.05) is 6.07 Å². The number of hydrogen-bond donors (Lipinski definition) is 0. The zero-order chi connectivity index (χ0) is 21.7. The number of carbonyl (C=O) groups is 1. The van der Waals surface area contributed by atoms with E-state index >= 15 is 0 Å². The molecule has 3 heteroatoms. The summed E-state index contributed by atoms with van der Waals surface area (Å²) >= 11 is 0. The van der Waals surface area contributed by atoms with Gasteiger partial charge in [0.15, 0.2) is 0 Å². The van der Waals surface area contributed by atoms with Crippen molar-refractivity contribution in [2.75, 3.05) is 0 Å². The maximum atomic E-state index is 13.7. The van der Waals surface area contributed by atoms with Crippen LogP contribution in [0.5, 0.6) is 0 Å². The van der Waals surface area contributed by atoms with Crippen molar-refractivity contribution in [3.05, 3.63) is 66.2 Å². The topological polar surface area (TPSA) is 26.3 Å². The lowest BCUT2D eigenvalue weighted by molar-refractivity contribution is -0.156. The molecular formula is C27H38O2Si. The minimum Gasteiger partial charge on any atom is -0.462 e. The third-order valence-corrected chi connectivity index (χ3v) is 11.2. The first kappa shape index (κ1) is 22.8. The van der Waals surface area contributed by atoms with Crippen LogP contribution in [0.25, 0.3) is 0 Å². The van der Waals surface area contributed by atoms with Gasteiger partial charge in [-0.15, -0.1) is 0 Å². The van der Waals surface area contributed by atoms with Crippen LogP contribution in [0, 0.1) is 17.8 Å². The smallest absolute Gasteiger partial charge is 0.307 e. The summed E-state index contributed by atoms with van der Waals surface area (Å²) in [5.41, 5.74) is 1.13. The maximum Gasteiger partial charge on any atom is 0.307 e. The predicted molar refractivity (Wildman–Crippen MR) is 129 cm³/mol. The van der Waals surface area contributed by atoms with Gasteiger partial charge in [-0.1, -0.05) is 106 Å². The minimum absolute atomic E-state index is 0.0177. The van der Waals surface area contributed by atoms with Gasteiger partial charge < -0.3 is 4.74 Å². The second kappa shape index (κ2) is 9.96. The fourth-order valence-corrected chi connectivity index (χ4v) is 7.89. The Morgan fingerprint density at radius 2 is 1.60 bits per heavy atom. The van der Waals surface area contributed by atoms with Gasteiger partial charge in [0.05, 0.1) is 13.6 Å². The molecule has 0 aliphatic heterocycles. The molecule has 3 rings (SSSR count). The Morgan fingerprint density at radius 3 is 2.20 bits per heavy atom. The van der Waals surface area contributed by atoms with Gasteiger partial charge in [0.2, 0.25) is 0 Å². The van der Waals surface area contributed by atoms with Crippen LogP contribution in [-0.4, -0.2) is 20.1 Å². The minimum atomic E-state index is -2.08. The van der Waals surface area contributed by atoms with Crippen LogP contribution in [0.4, 0.5) is 0 Å². The number of rotatable bonds is 7. The van der Waals surface area contributed by atoms with Crippen molar-refractivity contribution < 1.29 is 9.53 Å². The van der Waals surface area contributed by atoms with E-state index in [0.29, 0.717) is 17.8 Å². The second-order valence-corrected chi connectivity index (χ2v) is 14.8. The van der Waals surface area contributed by atoms with Crippen molar-refractivity contribution in [3.63, 3.8) is 0 Å². The molecule has 0 amide bonds. The highest BCUT2D eigenvalue weighted by Gasteiger charge is 2.42. The summed E-state index contributed by atoms with van der Waals surface area (Å²) in [6.07, 6.45) is 4.22. The fraction of sp³-hybridized carbons (Fsp3) is 0.519. The van der Waals surface area contributed by atoms with Crippen molar-refractivity contribution in [2.24, 2.45) is 17.8 Å². The maximum absolute atomic E-state index is 13.7. The van der Waals surface area contributed by atoms with Crippen molar-refractivity contribution in [3.8, 4) is 0 Å². The molecule has 162 valence electrons. The Balaban J connectivity index is 1.88. The van der Waals surface area contributed by atoms with E-state index in [4.69, 9.17) is 4.74 Å². The number of benzene rings is 2. The van der Waals surface area contributed by atoms with Gasteiger partial charge in [0.25, 0.3) is 0 Å². The molecule has 1 aliphatic rings. The summed E-state index contributed by atoms with van der Waals surface area (Å²) in [5.74, 6) is 1.67. The molecule has 0 bridgehead atoms. The highest BCUT2D eigenvalue weighted by molar-refractivity contribution is 6.93. The lowest BCUT2D eigenvalue weighted by Crippen LogP contribution is -2.51. The summed E-state index contributed by atoms with van der Waals surface area (Å²) in [5, 5.41) is 1.32. The van der Waals surface area contributed by atoms with Gasteiger partial charge in [0, 0.05) is 0 Å². The molecule has 2 aromatic carbocycles. The Labute approximate surface area is 184 Å². The van der Waals surface area contributed by atoms with Crippen LogP contribution in [0.2, 0.25) is 18.6 Å². The van der Waals surface area contributed by atoms with E-state index in [0.717, 1.165) is 12.8 Å². The van der Waals surface area contributed by atoms with Gasteiger partial charge in [-0.05, 0) is 42.6 Å². The first-order chi connectivity index (χ1) is 14.3. The predicted octanol–water partition coefficient (Wildman–Crippen LogP) is 6.22. The molecule has 0 aromatic heterocycles. The summed E-state index contributed by atoms with van der Waals surface area (Å²) in [6, 6.07) is 21.0. The molecular weight excluding hydrogens is 384 g/mol. The average molecular weight is 423 g/mol. The first-order valence-corrected chi connectivity index (χ1v) is 14.7. The molecule has 0 heterocycles. The molecule has 2 aromatic rings. The van der Waals surface area contributed by atoms with Crippen LogP contribution in [0.1, 0.15) is 45.6 Å². The van der Waals surface area contributed by atoms with E-state index in [9.17, 15) is 4.79 Å². The average Bonchev–Trinajstić information content (AvgIpc) is 2.73. The van der Waals surface area contributed by atoms with E-state index < -0.39 is 8.07 Å². The van der Waals surface area contributed by atoms with Crippen molar-refractivity contribution in [1.29, 1.82) is 0 Å². The normalized spacial score (nSPS) is 23.2. The monoisotopic (exact) mass is 422 g/mol. The van der Waals surface area contributed by atoms with Gasteiger partial charge >= 0.3 is 5.97 Å². The Morgan fingerprint density at radius 1 is 1.00 bits per heavy atom. The van der Waals surface area contributed by atoms with Crippen LogP contribution >= 0.6 is 0 Å². The quantitative estimate of drug-likeness (QED) is 0.391. The number of esters is 1. The number of ether oxygens (including phenoxy) is 1. The Bertz CT molecular complexity index is 800. The summed E-state index contributed by atoms with van der Waals surface area (Å²) < 4.78 is 6.37. The van der Waals surface area contributed by atoms with E-state index in [-0.39, 0.29) is 17.6 Å². The highest BCUT2D eigenvalue weighted by Crippen LogP contribution is 2.37. The molecule has 1 saturated carbocycles. The lowest BCUT2D eigenvalue weighted by Gasteiger charge is -2.39. The van der Waals surface area contributed by atoms with Gasteiger partial charge in [-0.25, -0.2) is 0 Å². The molecule has 2 nitrogen and oxygen atoms in total. The highest BCUT2D eigenvalue weighted by atomic mass is 28.3. The molecule has 0 unspecified atom stereocenters. The van der Waals surface area contributed by atoms with Crippen molar-refractivity contribution in [1.82, 2.24) is 0 Å². The molecule has 0 spiro atoms. The Hall–Kier alpha value is -1.87. The molecule has 0 N–H and O–H groups in total. The zero-order valence-electron chi connectivity index (χ0n) is 19.3. The molecule has 4 atom stereocenters. The van der Waals surface area contributed by atoms with E-state index in [1.165, 1.54) is 23.6 Å². The number of carbonyl (C=O) groups excluding carboxylic acids is 1. The molecule has 1 aliphatic carbocycles. The standard InChI is InChI=1S/C27H38O2Si/c1-20(2)24-17-16-21(3)18-25(24)29-27(28)26(19-22-12-8-6-9-13-22)30(4,5)23-14-10-7-11-15-23/h6-15,20-21,24-26H,16-19H2,1-5H3/t21-,24+,25-,26-/m1/s1. The van der Waals surface area contributed by atoms with E-state index in [2.05, 4.69) is 88.5 Å². The lowest BCUT2D eigenvalue weighted by atomic mass is 9.75. The first-order valence-electron chi connectivity index (χ1n) is 11.6. The summed E-state index contributed by atoms with van der Waals surface area (Å²) in [7, 11) is -2.08. The van der Waals surface area contributed by atoms with Gasteiger partial charge in [0.1, 0.15) is 6.10 Å². The van der Waals surface area contributed by atoms with Crippen molar-refractivity contribution >= 4 is 19.2 Å². The van der Waals surface area contributed by atoms with Crippen LogP contribution in [0.15, 0.2) is 60.7 Å². The van der Waals surface area contributed by atoms with E-state index in [1.54, 1.807) is 0 Å². The molecule has 0 radical (unpaired) electrons. The SMILES string of the molecule is CC(C)[C@@H]1CC[C@@H](C)C[C@H]1OC(=O)[C@@H](Cc1ccccc1)[Si](C)(C)c1ccccc1. The third-order valence-electron chi connectivity index (χ3n) is 7.18. The zero-order valence-corrected chi connectivity index (χ0v) is 20.3. The van der Waals surface area contributed by atoms with Gasteiger partial charge in [-0.2, -0.15) is 0 Å². The fourth-order valence-electron chi connectivity index (χ4n) is 5.03. The summed E-state index contributed by atoms with van der Waals surface area (Å²) in [6.45, 7) is 11.5. The molecule has 0 saturated heterocycles. The van der Waals surface area contributed by atoms with Gasteiger partial charge in [-0.3, -0.25) is 4.79 Å². The second-order valence-electron chi connectivity index (χ2n) is 10.1. The van der Waals surface area contributed by atoms with Crippen LogP contribution in [0.3, 0.4) is 0 Å². The van der Waals surface area contributed by atoms with Crippen molar-refractivity contribution in [2.45, 2.75) is 71.2 Å². The number of hydrogen-bond acceptors (Lipinski definition) is 2.